The van der Waals surface area contributed by atoms with Crippen LogP contribution < -0.4 is 10.5 Å². The van der Waals surface area contributed by atoms with Gasteiger partial charge in [0.2, 0.25) is 5.91 Å². The van der Waals surface area contributed by atoms with Crippen LogP contribution in [0.2, 0.25) is 0 Å². The number of Topliss-reactive ketones (excluding diaryl/α,β-unsaturated/α-hetero) is 1. The Morgan fingerprint density at radius 2 is 1.94 bits per heavy atom. The smallest absolute Gasteiger partial charge is 0.416 e. The van der Waals surface area contributed by atoms with Gasteiger partial charge >= 0.3 is 6.18 Å². The van der Waals surface area contributed by atoms with Crippen molar-refractivity contribution in [3.05, 3.63) is 77.7 Å². The standard InChI is InChI=1S/C26H33FN6O3.C11H15F3/c1-15(2)31(4)14-21(35)32-9-6-7-17(13-32)26-30-23(24-25(28)29-8-10-33(24)26)22-19(27)11-18(16(3)34)12-20(22)36-5;1-4-5-6-7-10(8-9(2)3)11(12,13)14/h8,10-12,15,17H,6-7,9,13-14H2,1-5H3,(H2,28,29);6-8H,2,4-5H2,1,3H3/b;7-6-,10-8+. The number of ether oxygens (including phenoxy) is 1. The van der Waals surface area contributed by atoms with Gasteiger partial charge < -0.3 is 15.4 Å². The van der Waals surface area contributed by atoms with Crippen molar-refractivity contribution in [3.63, 3.8) is 0 Å². The van der Waals surface area contributed by atoms with E-state index in [4.69, 9.17) is 15.5 Å². The molecule has 0 saturated carbocycles. The fourth-order valence-electron chi connectivity index (χ4n) is 5.50. The maximum atomic E-state index is 15.4. The number of nitrogen functional groups attached to an aromatic ring is 1. The van der Waals surface area contributed by atoms with Gasteiger partial charge in [0.1, 0.15) is 34.4 Å². The van der Waals surface area contributed by atoms with Crippen LogP contribution in [0, 0.1) is 5.82 Å². The molecular weight excluding hydrogens is 652 g/mol. The van der Waals surface area contributed by atoms with Gasteiger partial charge in [0.05, 0.1) is 24.8 Å². The van der Waals surface area contributed by atoms with Crippen molar-refractivity contribution in [2.45, 2.75) is 78.4 Å². The van der Waals surface area contributed by atoms with Crippen molar-refractivity contribution < 1.29 is 31.9 Å². The molecule has 0 aliphatic carbocycles. The fraction of sp³-hybridized carbons (Fsp3) is 0.459. The summed E-state index contributed by atoms with van der Waals surface area (Å²) in [6.07, 6.45) is 5.88. The molecule has 1 unspecified atom stereocenters. The first-order valence-electron chi connectivity index (χ1n) is 16.6. The predicted molar refractivity (Wildman–Crippen MR) is 189 cm³/mol. The third kappa shape index (κ3) is 10.0. The first-order chi connectivity index (χ1) is 23.5. The molecule has 0 bridgehead atoms. The number of alkyl halides is 3. The van der Waals surface area contributed by atoms with Gasteiger partial charge in [-0.2, -0.15) is 13.2 Å². The van der Waals surface area contributed by atoms with Crippen LogP contribution in [0.4, 0.5) is 23.4 Å². The number of aromatic nitrogens is 3. The number of nitrogens with zero attached hydrogens (tertiary/aromatic N) is 5. The van der Waals surface area contributed by atoms with Gasteiger partial charge in [-0.05, 0) is 72.2 Å². The number of likely N-dealkylation sites (tertiary alicyclic amines) is 1. The molecular formula is C37H48F4N6O3. The number of hydrogen-bond acceptors (Lipinski definition) is 7. The number of anilines is 1. The molecule has 1 amide bonds. The number of carbonyl (C=O) groups is 2. The van der Waals surface area contributed by atoms with E-state index in [-0.39, 0.29) is 46.3 Å². The number of nitrogens with two attached hydrogens (primary N) is 1. The molecule has 1 atom stereocenters. The van der Waals surface area contributed by atoms with Crippen molar-refractivity contribution in [3.8, 4) is 17.0 Å². The topological polar surface area (TPSA) is 106 Å². The van der Waals surface area contributed by atoms with E-state index < -0.39 is 17.6 Å². The number of hydrogen-bond donors (Lipinski definition) is 1. The fourth-order valence-corrected chi connectivity index (χ4v) is 5.50. The molecule has 1 aromatic carbocycles. The molecule has 1 saturated heterocycles. The van der Waals surface area contributed by atoms with E-state index in [1.54, 1.807) is 19.3 Å². The lowest BCUT2D eigenvalue weighted by molar-refractivity contribution is -0.133. The van der Waals surface area contributed by atoms with Gasteiger partial charge in [0, 0.05) is 43.0 Å². The lowest BCUT2D eigenvalue weighted by Gasteiger charge is -2.34. The van der Waals surface area contributed by atoms with E-state index in [0.717, 1.165) is 31.4 Å². The number of benzene rings is 1. The van der Waals surface area contributed by atoms with Gasteiger partial charge in [-0.25, -0.2) is 14.4 Å². The van der Waals surface area contributed by atoms with E-state index >= 15 is 4.39 Å². The summed E-state index contributed by atoms with van der Waals surface area (Å²) in [5.74, 6) is 0.169. The summed E-state index contributed by atoms with van der Waals surface area (Å²) in [7, 11) is 3.36. The van der Waals surface area contributed by atoms with Gasteiger partial charge in [-0.15, -0.1) is 0 Å². The van der Waals surface area contributed by atoms with Crippen molar-refractivity contribution in [2.24, 2.45) is 0 Å². The highest BCUT2D eigenvalue weighted by atomic mass is 19.4. The second-order valence-corrected chi connectivity index (χ2v) is 12.8. The zero-order valence-corrected chi connectivity index (χ0v) is 29.9. The van der Waals surface area contributed by atoms with Crippen LogP contribution in [-0.2, 0) is 4.79 Å². The van der Waals surface area contributed by atoms with Crippen molar-refractivity contribution in [1.29, 1.82) is 0 Å². The Kier molecular flexibility index (Phi) is 13.9. The molecule has 2 N–H and O–H groups in total. The number of allylic oxidation sites excluding steroid dienone is 5. The van der Waals surface area contributed by atoms with Crippen molar-refractivity contribution >= 4 is 23.0 Å². The van der Waals surface area contributed by atoms with Gasteiger partial charge in [0.25, 0.3) is 0 Å². The number of likely N-dealkylation sites (N-methyl/N-ethyl adjacent to an activating group) is 1. The Balaban J connectivity index is 0.000000409. The van der Waals surface area contributed by atoms with Crippen LogP contribution in [0.15, 0.2) is 60.5 Å². The van der Waals surface area contributed by atoms with E-state index in [9.17, 15) is 22.8 Å². The van der Waals surface area contributed by atoms with Crippen molar-refractivity contribution in [1.82, 2.24) is 24.2 Å². The largest absolute Gasteiger partial charge is 0.496 e. The Morgan fingerprint density at radius 1 is 1.24 bits per heavy atom. The molecule has 1 fully saturated rings. The highest BCUT2D eigenvalue weighted by Gasteiger charge is 2.32. The molecule has 0 radical (unpaired) electrons. The molecule has 9 nitrogen and oxygen atoms in total. The van der Waals surface area contributed by atoms with Crippen LogP contribution in [0.5, 0.6) is 5.75 Å². The van der Waals surface area contributed by atoms with Crippen molar-refractivity contribution in [2.75, 3.05) is 39.5 Å². The Morgan fingerprint density at radius 3 is 2.52 bits per heavy atom. The molecule has 2 aromatic heterocycles. The molecule has 272 valence electrons. The SMILES string of the molecule is C=C(C)/C=C(\C=C/CCC)C(F)(F)F.COc1cc(C(C)=O)cc(F)c1-c1nc(C2CCCN(C(=O)CN(C)C(C)C)C2)n2ccnc(N)c12. The third-order valence-corrected chi connectivity index (χ3v) is 8.42. The minimum Gasteiger partial charge on any atom is -0.496 e. The molecule has 4 rings (SSSR count). The van der Waals surface area contributed by atoms with Gasteiger partial charge in [0.15, 0.2) is 5.78 Å². The molecule has 1 aliphatic rings. The third-order valence-electron chi connectivity index (χ3n) is 8.42. The Labute approximate surface area is 291 Å². The maximum absolute atomic E-state index is 15.4. The Bertz CT molecular complexity index is 1740. The second-order valence-electron chi connectivity index (χ2n) is 12.8. The number of piperidine rings is 1. The number of amides is 1. The van der Waals surface area contributed by atoms with E-state index in [1.807, 2.05) is 28.2 Å². The lowest BCUT2D eigenvalue weighted by atomic mass is 9.97. The normalized spacial score (nSPS) is 15.5. The maximum Gasteiger partial charge on any atom is 0.416 e. The van der Waals surface area contributed by atoms with Crippen LogP contribution in [0.3, 0.4) is 0 Å². The van der Waals surface area contributed by atoms with Crippen LogP contribution in [0.1, 0.15) is 82.4 Å². The molecule has 3 aromatic rings. The number of ketones is 1. The second kappa shape index (κ2) is 17.4. The molecule has 0 spiro atoms. The van der Waals surface area contributed by atoms with Crippen LogP contribution >= 0.6 is 0 Å². The monoisotopic (exact) mass is 700 g/mol. The molecule has 3 heterocycles. The summed E-state index contributed by atoms with van der Waals surface area (Å²) >= 11 is 0. The number of fused-ring (bicyclic) bond motifs is 1. The van der Waals surface area contributed by atoms with Gasteiger partial charge in [-0.1, -0.05) is 37.6 Å². The van der Waals surface area contributed by atoms with Crippen LogP contribution in [-0.4, -0.2) is 81.9 Å². The quantitative estimate of drug-likeness (QED) is 0.124. The first-order valence-corrected chi connectivity index (χ1v) is 16.6. The average molecular weight is 701 g/mol. The molecule has 50 heavy (non-hydrogen) atoms. The summed E-state index contributed by atoms with van der Waals surface area (Å²) < 4.78 is 59.7. The number of unbranched alkanes of at least 4 members (excludes halogenated alkanes) is 1. The highest BCUT2D eigenvalue weighted by Crippen LogP contribution is 2.39. The molecule has 13 heteroatoms. The minimum atomic E-state index is -4.29. The number of imidazole rings is 1. The van der Waals surface area contributed by atoms with E-state index in [2.05, 4.69) is 25.4 Å². The summed E-state index contributed by atoms with van der Waals surface area (Å²) in [4.78, 5) is 37.8. The zero-order chi connectivity index (χ0) is 37.3. The number of halogens is 4. The Hall–Kier alpha value is -4.52. The number of rotatable bonds is 11. The number of carbonyl (C=O) groups excluding carboxylic acids is 2. The van der Waals surface area contributed by atoms with E-state index in [1.165, 1.54) is 32.2 Å². The lowest BCUT2D eigenvalue weighted by Crippen LogP contribution is -2.45. The predicted octanol–water partition coefficient (Wildman–Crippen LogP) is 7.78. The first kappa shape index (κ1) is 39.9. The average Bonchev–Trinajstić information content (AvgIpc) is 3.44. The summed E-state index contributed by atoms with van der Waals surface area (Å²) in [6.45, 7) is 13.9. The highest BCUT2D eigenvalue weighted by molar-refractivity contribution is 5.96. The minimum absolute atomic E-state index is 0.0688. The van der Waals surface area contributed by atoms with Crippen LogP contribution in [0.25, 0.3) is 16.8 Å². The number of methoxy groups -OCH3 is 1. The molecule has 1 aliphatic heterocycles. The summed E-state index contributed by atoms with van der Waals surface area (Å²) in [5.41, 5.74) is 7.10. The zero-order valence-electron chi connectivity index (χ0n) is 29.9. The van der Waals surface area contributed by atoms with Gasteiger partial charge in [-0.3, -0.25) is 18.9 Å². The van der Waals surface area contributed by atoms with E-state index in [0.29, 0.717) is 48.7 Å². The summed E-state index contributed by atoms with van der Waals surface area (Å²) in [6, 6.07) is 2.96. The summed E-state index contributed by atoms with van der Waals surface area (Å²) in [5, 5.41) is 0.